The molecule has 0 spiro atoms. The minimum Gasteiger partial charge on any atom is -0.493 e. The lowest BCUT2D eigenvalue weighted by atomic mass is 10.1. The second-order valence-corrected chi connectivity index (χ2v) is 5.14. The quantitative estimate of drug-likeness (QED) is 0.874. The molecule has 2 rings (SSSR count). The summed E-state index contributed by atoms with van der Waals surface area (Å²) >= 11 is 0. The summed E-state index contributed by atoms with van der Waals surface area (Å²) in [5, 5.41) is 3.22. The van der Waals surface area contributed by atoms with Gasteiger partial charge in [0.05, 0.1) is 7.11 Å². The minimum absolute atomic E-state index is 0.282. The van der Waals surface area contributed by atoms with E-state index in [1.54, 1.807) is 7.11 Å². The van der Waals surface area contributed by atoms with Gasteiger partial charge in [0.25, 0.3) is 0 Å². The van der Waals surface area contributed by atoms with Crippen LogP contribution in [0.2, 0.25) is 0 Å². The number of hydrogen-bond donors (Lipinski definition) is 1. The highest BCUT2D eigenvalue weighted by Gasteiger charge is 2.10. The van der Waals surface area contributed by atoms with Crippen molar-refractivity contribution in [1.29, 1.82) is 0 Å². The van der Waals surface area contributed by atoms with E-state index in [0.717, 1.165) is 11.5 Å². The molecule has 0 radical (unpaired) electrons. The Balaban J connectivity index is 2.15. The lowest BCUT2D eigenvalue weighted by Gasteiger charge is -2.16. The largest absolute Gasteiger partial charge is 0.493 e. The Morgan fingerprint density at radius 3 is 2.52 bits per heavy atom. The Kier molecular flexibility index (Phi) is 5.23. The molecule has 1 unspecified atom stereocenters. The van der Waals surface area contributed by atoms with E-state index < -0.39 is 0 Å². The second kappa shape index (κ2) is 7.14. The Hall–Kier alpha value is -2.00. The fourth-order valence-corrected chi connectivity index (χ4v) is 2.17. The van der Waals surface area contributed by atoms with Crippen molar-refractivity contribution in [3.8, 4) is 11.5 Å². The third-order valence-electron chi connectivity index (χ3n) is 3.77. The minimum atomic E-state index is 0.282. The van der Waals surface area contributed by atoms with Gasteiger partial charge < -0.3 is 14.8 Å². The van der Waals surface area contributed by atoms with Crippen molar-refractivity contribution in [1.82, 2.24) is 5.32 Å². The smallest absolute Gasteiger partial charge is 0.161 e. The first-order chi connectivity index (χ1) is 10.2. The molecule has 0 heterocycles. The summed E-state index contributed by atoms with van der Waals surface area (Å²) < 4.78 is 11.4. The molecule has 0 amide bonds. The van der Waals surface area contributed by atoms with Crippen molar-refractivity contribution >= 4 is 0 Å². The van der Waals surface area contributed by atoms with Crippen LogP contribution in [0.4, 0.5) is 0 Å². The Morgan fingerprint density at radius 2 is 1.86 bits per heavy atom. The zero-order valence-electron chi connectivity index (χ0n) is 13.1. The van der Waals surface area contributed by atoms with Gasteiger partial charge in [-0.25, -0.2) is 0 Å². The molecule has 0 bridgehead atoms. The maximum atomic E-state index is 5.92. The predicted octanol–water partition coefficient (Wildman–Crippen LogP) is 3.86. The molecule has 1 atom stereocenters. The number of rotatable bonds is 6. The van der Waals surface area contributed by atoms with Crippen molar-refractivity contribution in [3.63, 3.8) is 0 Å². The van der Waals surface area contributed by atoms with Gasteiger partial charge in [-0.2, -0.15) is 0 Å². The van der Waals surface area contributed by atoms with Crippen LogP contribution in [0.3, 0.4) is 0 Å². The molecule has 0 aliphatic heterocycles. The maximum absolute atomic E-state index is 5.92. The van der Waals surface area contributed by atoms with Crippen LogP contribution >= 0.6 is 0 Å². The molecule has 1 N–H and O–H groups in total. The summed E-state index contributed by atoms with van der Waals surface area (Å²) in [5.74, 6) is 1.54. The highest BCUT2D eigenvalue weighted by atomic mass is 16.5. The van der Waals surface area contributed by atoms with E-state index >= 15 is 0 Å². The van der Waals surface area contributed by atoms with E-state index in [4.69, 9.17) is 9.47 Å². The zero-order chi connectivity index (χ0) is 15.2. The molecule has 2 aromatic rings. The zero-order valence-corrected chi connectivity index (χ0v) is 13.1. The molecular weight excluding hydrogens is 262 g/mol. The number of methoxy groups -OCH3 is 1. The van der Waals surface area contributed by atoms with Crippen LogP contribution in [-0.2, 0) is 6.61 Å². The van der Waals surface area contributed by atoms with Crippen molar-refractivity contribution < 1.29 is 9.47 Å². The summed E-state index contributed by atoms with van der Waals surface area (Å²) in [4.78, 5) is 0. The number of nitrogens with one attached hydrogen (secondary N) is 1. The maximum Gasteiger partial charge on any atom is 0.161 e. The van der Waals surface area contributed by atoms with Crippen LogP contribution in [0.15, 0.2) is 42.5 Å². The summed E-state index contributed by atoms with van der Waals surface area (Å²) in [5.41, 5.74) is 3.60. The van der Waals surface area contributed by atoms with E-state index in [1.807, 2.05) is 31.3 Å². The van der Waals surface area contributed by atoms with E-state index in [2.05, 4.69) is 37.4 Å². The van der Waals surface area contributed by atoms with Gasteiger partial charge in [0.15, 0.2) is 11.5 Å². The molecular formula is C18H23NO2. The van der Waals surface area contributed by atoms with Crippen molar-refractivity contribution in [2.24, 2.45) is 0 Å². The summed E-state index contributed by atoms with van der Waals surface area (Å²) in [6, 6.07) is 14.6. The average molecular weight is 285 g/mol. The monoisotopic (exact) mass is 285 g/mol. The van der Waals surface area contributed by atoms with Crippen LogP contribution in [0, 0.1) is 6.92 Å². The molecule has 21 heavy (non-hydrogen) atoms. The van der Waals surface area contributed by atoms with Crippen LogP contribution < -0.4 is 14.8 Å². The molecule has 0 saturated carbocycles. The van der Waals surface area contributed by atoms with E-state index in [-0.39, 0.29) is 6.04 Å². The van der Waals surface area contributed by atoms with Gasteiger partial charge in [-0.3, -0.25) is 0 Å². The number of hydrogen-bond acceptors (Lipinski definition) is 3. The van der Waals surface area contributed by atoms with Gasteiger partial charge in [-0.1, -0.05) is 30.3 Å². The molecule has 2 aromatic carbocycles. The van der Waals surface area contributed by atoms with Crippen LogP contribution in [0.5, 0.6) is 11.5 Å². The highest BCUT2D eigenvalue weighted by Crippen LogP contribution is 2.31. The molecule has 3 heteroatoms. The summed E-state index contributed by atoms with van der Waals surface area (Å²) in [6.07, 6.45) is 0. The average Bonchev–Trinajstić information content (AvgIpc) is 2.53. The number of ether oxygens (including phenoxy) is 2. The topological polar surface area (TPSA) is 30.5 Å². The molecule has 0 aliphatic rings. The number of benzene rings is 2. The Morgan fingerprint density at radius 1 is 1.10 bits per heavy atom. The van der Waals surface area contributed by atoms with Gasteiger partial charge >= 0.3 is 0 Å². The van der Waals surface area contributed by atoms with E-state index in [1.165, 1.54) is 16.7 Å². The van der Waals surface area contributed by atoms with Crippen molar-refractivity contribution in [2.45, 2.75) is 26.5 Å². The molecule has 112 valence electrons. The molecule has 3 nitrogen and oxygen atoms in total. The van der Waals surface area contributed by atoms with Crippen LogP contribution in [0.25, 0.3) is 0 Å². The molecule has 0 fully saturated rings. The van der Waals surface area contributed by atoms with Gasteiger partial charge in [0.2, 0.25) is 0 Å². The van der Waals surface area contributed by atoms with Crippen LogP contribution in [-0.4, -0.2) is 14.2 Å². The SMILES string of the molecule is CNC(C)c1ccc(OCc2ccccc2C)c(OC)c1. The second-order valence-electron chi connectivity index (χ2n) is 5.14. The fourth-order valence-electron chi connectivity index (χ4n) is 2.17. The Labute approximate surface area is 126 Å². The lowest BCUT2D eigenvalue weighted by molar-refractivity contribution is 0.283. The van der Waals surface area contributed by atoms with Gasteiger partial charge in [-0.15, -0.1) is 0 Å². The van der Waals surface area contributed by atoms with Crippen molar-refractivity contribution in [3.05, 3.63) is 59.2 Å². The normalized spacial score (nSPS) is 12.0. The van der Waals surface area contributed by atoms with E-state index in [9.17, 15) is 0 Å². The fraction of sp³-hybridized carbons (Fsp3) is 0.333. The first kappa shape index (κ1) is 15.4. The summed E-state index contributed by atoms with van der Waals surface area (Å²) in [7, 11) is 3.61. The Bertz CT molecular complexity index is 596. The van der Waals surface area contributed by atoms with Gasteiger partial charge in [0.1, 0.15) is 6.61 Å². The highest BCUT2D eigenvalue weighted by molar-refractivity contribution is 5.44. The van der Waals surface area contributed by atoms with Crippen LogP contribution in [0.1, 0.15) is 29.7 Å². The van der Waals surface area contributed by atoms with Gasteiger partial charge in [0, 0.05) is 6.04 Å². The van der Waals surface area contributed by atoms with Crippen molar-refractivity contribution in [2.75, 3.05) is 14.2 Å². The third-order valence-corrected chi connectivity index (χ3v) is 3.77. The first-order valence-electron chi connectivity index (χ1n) is 7.18. The molecule has 0 saturated heterocycles. The first-order valence-corrected chi connectivity index (χ1v) is 7.18. The number of aryl methyl sites for hydroxylation is 1. The molecule has 0 aromatic heterocycles. The standard InChI is InChI=1S/C18H23NO2/c1-13-7-5-6-8-16(13)12-21-17-10-9-15(14(2)19-3)11-18(17)20-4/h5-11,14,19H,12H2,1-4H3. The third kappa shape index (κ3) is 3.76. The van der Waals surface area contributed by atoms with E-state index in [0.29, 0.717) is 6.61 Å². The predicted molar refractivity (Wildman–Crippen MR) is 86.0 cm³/mol. The lowest BCUT2D eigenvalue weighted by Crippen LogP contribution is -2.12. The summed E-state index contributed by atoms with van der Waals surface area (Å²) in [6.45, 7) is 4.75. The molecule has 0 aliphatic carbocycles. The van der Waals surface area contributed by atoms with Gasteiger partial charge in [-0.05, 0) is 49.7 Å².